The highest BCUT2D eigenvalue weighted by Gasteiger charge is 2.32. The van der Waals surface area contributed by atoms with Crippen LogP contribution in [0.4, 0.5) is 5.69 Å². The van der Waals surface area contributed by atoms with Crippen LogP contribution in [0, 0.1) is 0 Å². The first-order valence-corrected chi connectivity index (χ1v) is 10.3. The number of hydrogen-bond donors (Lipinski definition) is 0. The van der Waals surface area contributed by atoms with Gasteiger partial charge in [-0.15, -0.1) is 0 Å². The summed E-state index contributed by atoms with van der Waals surface area (Å²) < 4.78 is 32.8. The van der Waals surface area contributed by atoms with Crippen LogP contribution in [0.15, 0.2) is 87.2 Å². The highest BCUT2D eigenvalue weighted by Crippen LogP contribution is 2.30. The molecular formula is C19H12N2O5S2. The molecule has 0 spiro atoms. The van der Waals surface area contributed by atoms with Gasteiger partial charge in [0.05, 0.1) is 20.8 Å². The first-order valence-electron chi connectivity index (χ1n) is 8.05. The molecular weight excluding hydrogens is 400 g/mol. The fraction of sp³-hybridized carbons (Fsp3) is 0. The molecule has 2 aromatic heterocycles. The molecule has 0 unspecified atom stereocenters. The maximum atomic E-state index is 13.3. The molecule has 0 saturated heterocycles. The summed E-state index contributed by atoms with van der Waals surface area (Å²) in [6.45, 7) is 0. The predicted octanol–water partition coefficient (Wildman–Crippen LogP) is 3.29. The summed E-state index contributed by atoms with van der Waals surface area (Å²) in [6.07, 6.45) is 2.78. The van der Waals surface area contributed by atoms with E-state index in [4.69, 9.17) is 4.42 Å². The molecule has 0 aliphatic rings. The molecule has 7 nitrogen and oxygen atoms in total. The lowest BCUT2D eigenvalue weighted by atomic mass is 10.2. The fourth-order valence-electron chi connectivity index (χ4n) is 2.66. The maximum absolute atomic E-state index is 13.3. The average molecular weight is 412 g/mol. The number of anilines is 1. The van der Waals surface area contributed by atoms with Crippen LogP contribution >= 0.6 is 11.3 Å². The quantitative estimate of drug-likeness (QED) is 0.510. The molecule has 0 fully saturated rings. The highest BCUT2D eigenvalue weighted by molar-refractivity contribution is 7.93. The molecule has 4 aromatic rings. The summed E-state index contributed by atoms with van der Waals surface area (Å²) in [5.41, 5.74) is 0.536. The molecule has 28 heavy (non-hydrogen) atoms. The minimum Gasteiger partial charge on any atom is -0.414 e. The van der Waals surface area contributed by atoms with Gasteiger partial charge in [0.15, 0.2) is 0 Å². The third-order valence-electron chi connectivity index (χ3n) is 3.92. The number of carbonyl (C=O) groups is 1. The number of benzene rings is 2. The Hall–Kier alpha value is -3.30. The zero-order valence-corrected chi connectivity index (χ0v) is 15.8. The van der Waals surface area contributed by atoms with Crippen molar-refractivity contribution in [3.8, 4) is 0 Å². The number of sulfonamides is 1. The van der Waals surface area contributed by atoms with Gasteiger partial charge in [-0.3, -0.25) is 9.78 Å². The van der Waals surface area contributed by atoms with Gasteiger partial charge in [-0.25, -0.2) is 13.2 Å². The SMILES string of the molecule is O=C(c1cccnc1)N(c1ccc2oc(=O)sc2c1)S(=O)(=O)c1ccccc1. The minimum atomic E-state index is -4.21. The summed E-state index contributed by atoms with van der Waals surface area (Å²) in [6, 6.07) is 15.0. The lowest BCUT2D eigenvalue weighted by Crippen LogP contribution is -2.37. The first kappa shape index (κ1) is 18.1. The van der Waals surface area contributed by atoms with E-state index in [0.29, 0.717) is 14.6 Å². The van der Waals surface area contributed by atoms with Crippen LogP contribution in [0.25, 0.3) is 10.3 Å². The maximum Gasteiger partial charge on any atom is 0.396 e. The van der Waals surface area contributed by atoms with Crippen molar-refractivity contribution in [1.29, 1.82) is 0 Å². The molecule has 0 aliphatic heterocycles. The van der Waals surface area contributed by atoms with Crippen LogP contribution in [-0.4, -0.2) is 19.3 Å². The van der Waals surface area contributed by atoms with Gasteiger partial charge in [-0.1, -0.05) is 29.5 Å². The van der Waals surface area contributed by atoms with E-state index in [1.165, 1.54) is 48.8 Å². The second-order valence-corrected chi connectivity index (χ2v) is 8.48. The normalized spacial score (nSPS) is 11.4. The van der Waals surface area contributed by atoms with E-state index in [2.05, 4.69) is 4.98 Å². The van der Waals surface area contributed by atoms with Gasteiger partial charge in [-0.05, 0) is 42.5 Å². The zero-order valence-electron chi connectivity index (χ0n) is 14.2. The third-order valence-corrected chi connectivity index (χ3v) is 6.44. The van der Waals surface area contributed by atoms with Crippen LogP contribution in [0.5, 0.6) is 0 Å². The number of fused-ring (bicyclic) bond motifs is 1. The fourth-order valence-corrected chi connectivity index (χ4v) is 4.78. The lowest BCUT2D eigenvalue weighted by Gasteiger charge is -2.22. The van der Waals surface area contributed by atoms with Crippen molar-refractivity contribution in [2.24, 2.45) is 0 Å². The lowest BCUT2D eigenvalue weighted by molar-refractivity contribution is 0.100. The standard InChI is InChI=1S/C19H12N2O5S2/c22-18(13-5-4-10-20-12-13)21(28(24,25)15-6-2-1-3-7-15)14-8-9-16-17(11-14)27-19(23)26-16/h1-12H. The van der Waals surface area contributed by atoms with Crippen LogP contribution in [0.3, 0.4) is 0 Å². The largest absolute Gasteiger partial charge is 0.414 e. The number of aromatic nitrogens is 1. The number of amides is 1. The van der Waals surface area contributed by atoms with E-state index in [1.54, 1.807) is 24.3 Å². The number of pyridine rings is 1. The molecule has 2 heterocycles. The number of carbonyl (C=O) groups excluding carboxylic acids is 1. The number of rotatable bonds is 4. The Morgan fingerprint density at radius 1 is 1.04 bits per heavy atom. The summed E-state index contributed by atoms with van der Waals surface area (Å²) in [7, 11) is -4.21. The number of nitrogens with zero attached hydrogens (tertiary/aromatic N) is 2. The van der Waals surface area contributed by atoms with E-state index in [-0.39, 0.29) is 16.1 Å². The second kappa shape index (κ2) is 7.02. The van der Waals surface area contributed by atoms with Gasteiger partial charge in [-0.2, -0.15) is 4.31 Å². The average Bonchev–Trinajstić information content (AvgIpc) is 3.08. The first-order chi connectivity index (χ1) is 13.5. The van der Waals surface area contributed by atoms with Crippen molar-refractivity contribution in [2.45, 2.75) is 4.90 Å². The minimum absolute atomic E-state index is 0.0345. The molecule has 0 saturated carbocycles. The molecule has 0 bridgehead atoms. The Morgan fingerprint density at radius 2 is 1.82 bits per heavy atom. The second-order valence-electron chi connectivity index (χ2n) is 5.71. The molecule has 0 aliphatic carbocycles. The van der Waals surface area contributed by atoms with Gasteiger partial charge in [0.25, 0.3) is 15.9 Å². The molecule has 0 radical (unpaired) electrons. The van der Waals surface area contributed by atoms with Crippen LogP contribution in [0.2, 0.25) is 0 Å². The molecule has 0 N–H and O–H groups in total. The highest BCUT2D eigenvalue weighted by atomic mass is 32.2. The van der Waals surface area contributed by atoms with E-state index in [1.807, 2.05) is 0 Å². The summed E-state index contributed by atoms with van der Waals surface area (Å²) >= 11 is 0.830. The van der Waals surface area contributed by atoms with E-state index in [9.17, 15) is 18.0 Å². The summed E-state index contributed by atoms with van der Waals surface area (Å²) in [5, 5.41) is 0. The smallest absolute Gasteiger partial charge is 0.396 e. The Morgan fingerprint density at radius 3 is 2.54 bits per heavy atom. The molecule has 0 atom stereocenters. The van der Waals surface area contributed by atoms with Gasteiger partial charge in [0.2, 0.25) is 0 Å². The van der Waals surface area contributed by atoms with Crippen LogP contribution in [-0.2, 0) is 10.0 Å². The van der Waals surface area contributed by atoms with Crippen LogP contribution < -0.4 is 9.24 Å². The van der Waals surface area contributed by atoms with Crippen molar-refractivity contribution in [2.75, 3.05) is 4.31 Å². The van der Waals surface area contributed by atoms with Crippen molar-refractivity contribution in [1.82, 2.24) is 4.98 Å². The predicted molar refractivity (Wildman–Crippen MR) is 105 cm³/mol. The monoisotopic (exact) mass is 412 g/mol. The summed E-state index contributed by atoms with van der Waals surface area (Å²) in [5.74, 6) is -0.757. The van der Waals surface area contributed by atoms with Gasteiger partial charge >= 0.3 is 4.94 Å². The zero-order chi connectivity index (χ0) is 19.7. The van der Waals surface area contributed by atoms with Gasteiger partial charge < -0.3 is 4.42 Å². The van der Waals surface area contributed by atoms with Crippen LogP contribution in [0.1, 0.15) is 10.4 Å². The van der Waals surface area contributed by atoms with Gasteiger partial charge in [0, 0.05) is 12.4 Å². The third kappa shape index (κ3) is 3.21. The number of hydrogen-bond acceptors (Lipinski definition) is 7. The Bertz CT molecular complexity index is 1310. The Kier molecular flexibility index (Phi) is 4.54. The Labute approximate surface area is 163 Å². The molecule has 9 heteroatoms. The van der Waals surface area contributed by atoms with E-state index in [0.717, 1.165) is 11.3 Å². The molecule has 2 aromatic carbocycles. The van der Waals surface area contributed by atoms with E-state index >= 15 is 0 Å². The molecule has 1 amide bonds. The molecule has 140 valence electrons. The van der Waals surface area contributed by atoms with Gasteiger partial charge in [0.1, 0.15) is 5.58 Å². The van der Waals surface area contributed by atoms with E-state index < -0.39 is 20.9 Å². The van der Waals surface area contributed by atoms with Crippen molar-refractivity contribution in [3.05, 3.63) is 88.4 Å². The topological polar surface area (TPSA) is 97.6 Å². The van der Waals surface area contributed by atoms with Crippen molar-refractivity contribution in [3.63, 3.8) is 0 Å². The van der Waals surface area contributed by atoms with Crippen molar-refractivity contribution < 1.29 is 17.6 Å². The molecule has 4 rings (SSSR count). The summed E-state index contributed by atoms with van der Waals surface area (Å²) in [4.78, 5) is 28.0. The Balaban J connectivity index is 1.92. The van der Waals surface area contributed by atoms with Crippen molar-refractivity contribution >= 4 is 43.2 Å².